The van der Waals surface area contributed by atoms with Crippen molar-refractivity contribution in [1.82, 2.24) is 15.0 Å². The molecule has 0 bridgehead atoms. The van der Waals surface area contributed by atoms with Gasteiger partial charge in [0, 0.05) is 23.4 Å². The zero-order chi connectivity index (χ0) is 15.7. The summed E-state index contributed by atoms with van der Waals surface area (Å²) in [5.74, 6) is 0.327. The van der Waals surface area contributed by atoms with Gasteiger partial charge in [0.25, 0.3) is 0 Å². The zero-order valence-electron chi connectivity index (χ0n) is 11.2. The molecule has 0 spiro atoms. The van der Waals surface area contributed by atoms with Crippen LogP contribution in [-0.4, -0.2) is 33.2 Å². The number of hydrogen-bond acceptors (Lipinski definition) is 4. The number of rotatable bonds is 2. The summed E-state index contributed by atoms with van der Waals surface area (Å²) in [4.78, 5) is 14.4. The molecule has 9 heteroatoms. The van der Waals surface area contributed by atoms with E-state index < -0.39 is 11.7 Å². The standard InChI is InChI=1S/C13H11F3N4OS/c14-13(15,16)9-1-2-11-10(7-9)20(5-6-22-11)12(21)8-19-4-3-17-18-19/h1-4,7H,5-6,8H2. The van der Waals surface area contributed by atoms with Gasteiger partial charge in [-0.2, -0.15) is 13.2 Å². The lowest BCUT2D eigenvalue weighted by Crippen LogP contribution is -2.38. The maximum atomic E-state index is 12.9. The average Bonchev–Trinajstić information content (AvgIpc) is 2.98. The third-order valence-corrected chi connectivity index (χ3v) is 4.26. The minimum Gasteiger partial charge on any atom is -0.309 e. The predicted molar refractivity (Wildman–Crippen MR) is 74.5 cm³/mol. The normalized spacial score (nSPS) is 14.8. The third kappa shape index (κ3) is 2.94. The van der Waals surface area contributed by atoms with Gasteiger partial charge in [0.05, 0.1) is 17.4 Å². The summed E-state index contributed by atoms with van der Waals surface area (Å²) < 4.78 is 39.9. The van der Waals surface area contributed by atoms with Gasteiger partial charge >= 0.3 is 6.18 Å². The number of halogens is 3. The van der Waals surface area contributed by atoms with Crippen LogP contribution in [-0.2, 0) is 17.5 Å². The van der Waals surface area contributed by atoms with E-state index in [-0.39, 0.29) is 12.5 Å². The molecule has 1 aromatic carbocycles. The largest absolute Gasteiger partial charge is 0.416 e. The van der Waals surface area contributed by atoms with Crippen LogP contribution < -0.4 is 4.90 Å². The number of benzene rings is 1. The Bertz CT molecular complexity index is 687. The zero-order valence-corrected chi connectivity index (χ0v) is 12.1. The van der Waals surface area contributed by atoms with E-state index in [4.69, 9.17) is 0 Å². The second kappa shape index (κ2) is 5.64. The lowest BCUT2D eigenvalue weighted by Gasteiger charge is -2.29. The summed E-state index contributed by atoms with van der Waals surface area (Å²) in [6.07, 6.45) is -1.46. The van der Waals surface area contributed by atoms with Crippen molar-refractivity contribution in [2.45, 2.75) is 17.6 Å². The summed E-state index contributed by atoms with van der Waals surface area (Å²) in [5.41, 5.74) is -0.455. The van der Waals surface area contributed by atoms with E-state index in [0.717, 1.165) is 12.1 Å². The first kappa shape index (κ1) is 14.9. The second-order valence-corrected chi connectivity index (χ2v) is 5.81. The highest BCUT2D eigenvalue weighted by molar-refractivity contribution is 7.99. The highest BCUT2D eigenvalue weighted by Gasteiger charge is 2.33. The molecule has 0 N–H and O–H groups in total. The van der Waals surface area contributed by atoms with Crippen LogP contribution in [0.15, 0.2) is 35.5 Å². The molecule has 0 unspecified atom stereocenters. The van der Waals surface area contributed by atoms with E-state index in [1.807, 2.05) is 0 Å². The number of fused-ring (bicyclic) bond motifs is 1. The van der Waals surface area contributed by atoms with Crippen LogP contribution in [0.4, 0.5) is 18.9 Å². The molecule has 1 aliphatic heterocycles. The van der Waals surface area contributed by atoms with Crippen molar-refractivity contribution in [3.05, 3.63) is 36.2 Å². The summed E-state index contributed by atoms with van der Waals surface area (Å²) >= 11 is 1.44. The number of aromatic nitrogens is 3. The molecule has 22 heavy (non-hydrogen) atoms. The van der Waals surface area contributed by atoms with E-state index in [1.165, 1.54) is 39.8 Å². The van der Waals surface area contributed by atoms with E-state index in [2.05, 4.69) is 10.3 Å². The predicted octanol–water partition coefficient (Wildman–Crippen LogP) is 2.44. The summed E-state index contributed by atoms with van der Waals surface area (Å²) in [7, 11) is 0. The summed E-state index contributed by atoms with van der Waals surface area (Å²) in [6.45, 7) is 0.312. The number of alkyl halides is 3. The Morgan fingerprint density at radius 2 is 2.18 bits per heavy atom. The van der Waals surface area contributed by atoms with Gasteiger partial charge in [0.15, 0.2) is 0 Å². The molecule has 0 saturated carbocycles. The maximum absolute atomic E-state index is 12.9. The number of carbonyl (C=O) groups excluding carboxylic acids is 1. The van der Waals surface area contributed by atoms with E-state index in [0.29, 0.717) is 22.9 Å². The van der Waals surface area contributed by atoms with Gasteiger partial charge in [0.1, 0.15) is 6.54 Å². The van der Waals surface area contributed by atoms with E-state index in [9.17, 15) is 18.0 Å². The number of hydrogen-bond donors (Lipinski definition) is 0. The van der Waals surface area contributed by atoms with Gasteiger partial charge in [-0.15, -0.1) is 16.9 Å². The molecule has 0 atom stereocenters. The van der Waals surface area contributed by atoms with Crippen molar-refractivity contribution < 1.29 is 18.0 Å². The van der Waals surface area contributed by atoms with Crippen LogP contribution in [0.25, 0.3) is 0 Å². The lowest BCUT2D eigenvalue weighted by atomic mass is 10.1. The van der Waals surface area contributed by atoms with Crippen LogP contribution in [0.3, 0.4) is 0 Å². The Morgan fingerprint density at radius 3 is 2.86 bits per heavy atom. The lowest BCUT2D eigenvalue weighted by molar-refractivity contribution is -0.137. The van der Waals surface area contributed by atoms with E-state index in [1.54, 1.807) is 0 Å². The monoisotopic (exact) mass is 328 g/mol. The maximum Gasteiger partial charge on any atom is 0.416 e. The van der Waals surface area contributed by atoms with Crippen LogP contribution in [0.1, 0.15) is 5.56 Å². The number of anilines is 1. The molecular weight excluding hydrogens is 317 g/mol. The molecule has 5 nitrogen and oxygen atoms in total. The minimum atomic E-state index is -4.43. The number of amides is 1. The van der Waals surface area contributed by atoms with Crippen molar-refractivity contribution >= 4 is 23.4 Å². The fourth-order valence-electron chi connectivity index (χ4n) is 2.19. The number of carbonyl (C=O) groups is 1. The van der Waals surface area contributed by atoms with Gasteiger partial charge in [-0.3, -0.25) is 4.79 Å². The van der Waals surface area contributed by atoms with Crippen LogP contribution in [0.2, 0.25) is 0 Å². The summed E-state index contributed by atoms with van der Waals surface area (Å²) in [5, 5.41) is 7.30. The van der Waals surface area contributed by atoms with Gasteiger partial charge in [-0.05, 0) is 18.2 Å². The second-order valence-electron chi connectivity index (χ2n) is 4.67. The van der Waals surface area contributed by atoms with Crippen molar-refractivity contribution in [3.8, 4) is 0 Å². The first-order valence-corrected chi connectivity index (χ1v) is 7.42. The first-order chi connectivity index (χ1) is 10.4. The molecule has 0 radical (unpaired) electrons. The Balaban J connectivity index is 1.91. The van der Waals surface area contributed by atoms with Crippen LogP contribution in [0.5, 0.6) is 0 Å². The van der Waals surface area contributed by atoms with Crippen molar-refractivity contribution in [2.24, 2.45) is 0 Å². The fraction of sp³-hybridized carbons (Fsp3) is 0.308. The Hall–Kier alpha value is -2.03. The molecule has 2 aromatic rings. The third-order valence-electron chi connectivity index (χ3n) is 3.22. The van der Waals surface area contributed by atoms with Crippen molar-refractivity contribution in [2.75, 3.05) is 17.2 Å². The minimum absolute atomic E-state index is 0.0552. The van der Waals surface area contributed by atoms with Gasteiger partial charge in [0.2, 0.25) is 5.91 Å². The number of thioether (sulfide) groups is 1. The molecule has 0 saturated heterocycles. The fourth-order valence-corrected chi connectivity index (χ4v) is 3.17. The van der Waals surface area contributed by atoms with Crippen LogP contribution in [0, 0.1) is 0 Å². The molecule has 0 aliphatic carbocycles. The smallest absolute Gasteiger partial charge is 0.309 e. The highest BCUT2D eigenvalue weighted by Crippen LogP contribution is 2.39. The molecular formula is C13H11F3N4OS. The average molecular weight is 328 g/mol. The summed E-state index contributed by atoms with van der Waals surface area (Å²) in [6, 6.07) is 3.48. The molecule has 1 aliphatic rings. The molecule has 3 rings (SSSR count). The van der Waals surface area contributed by atoms with Crippen molar-refractivity contribution in [3.63, 3.8) is 0 Å². The van der Waals surface area contributed by atoms with E-state index >= 15 is 0 Å². The van der Waals surface area contributed by atoms with Gasteiger partial charge < -0.3 is 4.90 Å². The Kier molecular flexibility index (Phi) is 3.81. The molecule has 2 heterocycles. The Morgan fingerprint density at radius 1 is 1.36 bits per heavy atom. The SMILES string of the molecule is O=C(Cn1ccnn1)N1CCSc2ccc(C(F)(F)F)cc21. The van der Waals surface area contributed by atoms with Gasteiger partial charge in [-0.1, -0.05) is 5.21 Å². The quantitative estimate of drug-likeness (QED) is 0.850. The van der Waals surface area contributed by atoms with Crippen molar-refractivity contribution in [1.29, 1.82) is 0 Å². The number of nitrogens with zero attached hydrogens (tertiary/aromatic N) is 4. The molecule has 116 valence electrons. The molecule has 1 amide bonds. The topological polar surface area (TPSA) is 51.0 Å². The Labute approximate surface area is 128 Å². The molecule has 1 aromatic heterocycles. The highest BCUT2D eigenvalue weighted by atomic mass is 32.2. The molecule has 0 fully saturated rings. The van der Waals surface area contributed by atoms with Gasteiger partial charge in [-0.25, -0.2) is 4.68 Å². The van der Waals surface area contributed by atoms with Crippen LogP contribution >= 0.6 is 11.8 Å². The first-order valence-electron chi connectivity index (χ1n) is 6.43.